The van der Waals surface area contributed by atoms with Crippen LogP contribution in [0.15, 0.2) is 30.4 Å². The fraction of sp³-hybridized carbons (Fsp3) is 0.176. The second-order valence-electron chi connectivity index (χ2n) is 5.30. The molecule has 1 atom stereocenters. The van der Waals surface area contributed by atoms with Crippen molar-refractivity contribution < 1.29 is 39.2 Å². The Morgan fingerprint density at radius 3 is 2.32 bits per heavy atom. The number of allylic oxidation sites excluding steroid dienone is 1. The third-order valence-corrected chi connectivity index (χ3v) is 3.70. The van der Waals surface area contributed by atoms with Crippen LogP contribution in [-0.4, -0.2) is 44.8 Å². The summed E-state index contributed by atoms with van der Waals surface area (Å²) >= 11 is 0. The number of hydrogen-bond acceptors (Lipinski definition) is 5. The summed E-state index contributed by atoms with van der Waals surface area (Å²) in [5, 5.41) is 27.9. The van der Waals surface area contributed by atoms with E-state index in [1.807, 2.05) is 0 Å². The smallest absolute Gasteiger partial charge is 0.352 e. The third-order valence-electron chi connectivity index (χ3n) is 3.70. The highest BCUT2D eigenvalue weighted by Gasteiger charge is 2.43. The van der Waals surface area contributed by atoms with Gasteiger partial charge in [-0.1, -0.05) is 18.2 Å². The van der Waals surface area contributed by atoms with Crippen LogP contribution in [0.25, 0.3) is 6.08 Å². The van der Waals surface area contributed by atoms with Gasteiger partial charge in [-0.15, -0.1) is 0 Å². The van der Waals surface area contributed by atoms with Crippen LogP contribution in [0.5, 0.6) is 0 Å². The Kier molecular flexibility index (Phi) is 4.73. The number of aliphatic carboxylic acids is 1. The van der Waals surface area contributed by atoms with Gasteiger partial charge in [-0.2, -0.15) is 0 Å². The molecule has 0 radical (unpaired) electrons. The molecule has 0 spiro atoms. The number of ether oxygens (including phenoxy) is 1. The van der Waals surface area contributed by atoms with Crippen LogP contribution in [0.1, 0.15) is 38.8 Å². The maximum Gasteiger partial charge on any atom is 0.352 e. The second-order valence-corrected chi connectivity index (χ2v) is 5.30. The molecule has 0 heterocycles. The van der Waals surface area contributed by atoms with Gasteiger partial charge in [-0.3, -0.25) is 0 Å². The van der Waals surface area contributed by atoms with E-state index in [9.17, 15) is 29.4 Å². The number of fused-ring (bicyclic) bond motifs is 1. The number of rotatable bonds is 5. The molecule has 0 saturated carbocycles. The fourth-order valence-electron chi connectivity index (χ4n) is 2.59. The van der Waals surface area contributed by atoms with E-state index in [2.05, 4.69) is 0 Å². The average molecular weight is 346 g/mol. The summed E-state index contributed by atoms with van der Waals surface area (Å²) in [5.41, 5.74) is -2.53. The molecule has 0 amide bonds. The monoisotopic (exact) mass is 346 g/mol. The number of carbonyl (C=O) groups excluding carboxylic acids is 1. The van der Waals surface area contributed by atoms with Gasteiger partial charge >= 0.3 is 23.9 Å². The first-order valence-corrected chi connectivity index (χ1v) is 7.12. The van der Waals surface area contributed by atoms with Gasteiger partial charge in [0, 0.05) is 12.5 Å². The zero-order valence-electron chi connectivity index (χ0n) is 13.1. The average Bonchev–Trinajstić information content (AvgIpc) is 2.53. The molecule has 8 nitrogen and oxygen atoms in total. The lowest BCUT2D eigenvalue weighted by Gasteiger charge is -2.30. The summed E-state index contributed by atoms with van der Waals surface area (Å²) in [4.78, 5) is 46.0. The molecule has 1 aliphatic carbocycles. The Hall–Kier alpha value is -3.42. The Morgan fingerprint density at radius 1 is 1.12 bits per heavy atom. The summed E-state index contributed by atoms with van der Waals surface area (Å²) in [6, 6.07) is 2.40. The topological polar surface area (TPSA) is 138 Å². The predicted molar refractivity (Wildman–Crippen MR) is 84.4 cm³/mol. The minimum absolute atomic E-state index is 0.0753. The zero-order valence-corrected chi connectivity index (χ0v) is 13.1. The van der Waals surface area contributed by atoms with Gasteiger partial charge in [0.05, 0.1) is 11.1 Å². The van der Waals surface area contributed by atoms with Crippen molar-refractivity contribution in [2.75, 3.05) is 0 Å². The third kappa shape index (κ3) is 3.27. The van der Waals surface area contributed by atoms with Crippen LogP contribution in [0.3, 0.4) is 0 Å². The van der Waals surface area contributed by atoms with Gasteiger partial charge in [0.1, 0.15) is 0 Å². The number of carbonyl (C=O) groups is 4. The second kappa shape index (κ2) is 6.60. The van der Waals surface area contributed by atoms with Crippen LogP contribution in [-0.2, 0) is 20.7 Å². The summed E-state index contributed by atoms with van der Waals surface area (Å²) in [5.74, 6) is -5.15. The first kappa shape index (κ1) is 17.9. The number of benzene rings is 1. The van der Waals surface area contributed by atoms with E-state index in [1.54, 1.807) is 6.92 Å². The van der Waals surface area contributed by atoms with E-state index in [0.717, 1.165) is 24.3 Å². The van der Waals surface area contributed by atoms with Crippen LogP contribution in [0.4, 0.5) is 0 Å². The van der Waals surface area contributed by atoms with Crippen molar-refractivity contribution in [3.63, 3.8) is 0 Å². The quantitative estimate of drug-likeness (QED) is 0.540. The van der Waals surface area contributed by atoms with Crippen molar-refractivity contribution in [1.82, 2.24) is 0 Å². The molecule has 2 rings (SSSR count). The van der Waals surface area contributed by atoms with Gasteiger partial charge in [-0.25, -0.2) is 19.2 Å². The number of esters is 1. The lowest BCUT2D eigenvalue weighted by Crippen LogP contribution is -2.44. The van der Waals surface area contributed by atoms with Gasteiger partial charge in [-0.05, 0) is 30.2 Å². The van der Waals surface area contributed by atoms with Crippen molar-refractivity contribution in [2.45, 2.75) is 18.9 Å². The zero-order chi connectivity index (χ0) is 18.8. The molecular formula is C17H14O8. The molecule has 1 unspecified atom stereocenters. The molecule has 3 N–H and O–H groups in total. The molecule has 0 aliphatic heterocycles. The van der Waals surface area contributed by atoms with Crippen LogP contribution in [0, 0.1) is 0 Å². The maximum atomic E-state index is 11.7. The van der Waals surface area contributed by atoms with Crippen LogP contribution in [0.2, 0.25) is 0 Å². The van der Waals surface area contributed by atoms with E-state index in [1.165, 1.54) is 12.1 Å². The number of carboxylic acid groups (broad SMARTS) is 3. The van der Waals surface area contributed by atoms with Gasteiger partial charge in [0.15, 0.2) is 0 Å². The highest BCUT2D eigenvalue weighted by molar-refractivity contribution is 6.05. The Morgan fingerprint density at radius 2 is 1.80 bits per heavy atom. The molecule has 0 saturated heterocycles. The minimum Gasteiger partial charge on any atom is -0.478 e. The molecule has 0 fully saturated rings. The van der Waals surface area contributed by atoms with E-state index >= 15 is 0 Å². The number of carboxylic acids is 3. The molecule has 25 heavy (non-hydrogen) atoms. The molecule has 1 aliphatic rings. The van der Waals surface area contributed by atoms with E-state index in [4.69, 9.17) is 9.84 Å². The molecule has 130 valence electrons. The van der Waals surface area contributed by atoms with Crippen molar-refractivity contribution >= 4 is 30.0 Å². The van der Waals surface area contributed by atoms with E-state index in [-0.39, 0.29) is 17.5 Å². The van der Waals surface area contributed by atoms with Crippen molar-refractivity contribution in [3.05, 3.63) is 52.6 Å². The number of aromatic carboxylic acids is 2. The molecule has 1 aromatic carbocycles. The standard InChI is InChI=1S/C17H14O8/c1-2-3-12(18)25-17(16(23)24)7-6-10-9(8-17)4-5-11(14(19)20)13(10)15(21)22/h2-7H,8H2,1H3,(H,19,20)(H,21,22)(H,23,24). The van der Waals surface area contributed by atoms with Crippen LogP contribution < -0.4 is 0 Å². The first-order chi connectivity index (χ1) is 11.7. The number of hydrogen-bond donors (Lipinski definition) is 3. The summed E-state index contributed by atoms with van der Waals surface area (Å²) in [6.45, 7) is 1.56. The fourth-order valence-corrected chi connectivity index (χ4v) is 2.59. The van der Waals surface area contributed by atoms with Crippen molar-refractivity contribution in [1.29, 1.82) is 0 Å². The highest BCUT2D eigenvalue weighted by atomic mass is 16.6. The summed E-state index contributed by atoms with van der Waals surface area (Å²) < 4.78 is 5.04. The minimum atomic E-state index is -2.00. The van der Waals surface area contributed by atoms with Crippen molar-refractivity contribution in [3.8, 4) is 0 Å². The van der Waals surface area contributed by atoms with E-state index < -0.39 is 40.6 Å². The van der Waals surface area contributed by atoms with Gasteiger partial charge in [0.25, 0.3) is 0 Å². The van der Waals surface area contributed by atoms with Crippen molar-refractivity contribution in [2.24, 2.45) is 0 Å². The molecule has 0 bridgehead atoms. The van der Waals surface area contributed by atoms with Crippen LogP contribution >= 0.6 is 0 Å². The maximum absolute atomic E-state index is 11.7. The normalized spacial score (nSPS) is 18.6. The largest absolute Gasteiger partial charge is 0.478 e. The Labute approximate surface area is 141 Å². The molecule has 0 aromatic heterocycles. The Bertz CT molecular complexity index is 833. The summed E-state index contributed by atoms with van der Waals surface area (Å²) in [7, 11) is 0. The van der Waals surface area contributed by atoms with Gasteiger partial charge in [0.2, 0.25) is 5.60 Å². The lowest BCUT2D eigenvalue weighted by atomic mass is 9.82. The van der Waals surface area contributed by atoms with Gasteiger partial charge < -0.3 is 20.1 Å². The molecule has 1 aromatic rings. The summed E-state index contributed by atoms with van der Waals surface area (Å²) in [6.07, 6.45) is 4.34. The SMILES string of the molecule is CC=CC(=O)OC1(C(=O)O)C=Cc2c(ccc(C(=O)O)c2C(=O)O)C1. The highest BCUT2D eigenvalue weighted by Crippen LogP contribution is 2.33. The predicted octanol–water partition coefficient (Wildman–Crippen LogP) is 1.59. The molecule has 8 heteroatoms. The molecular weight excluding hydrogens is 332 g/mol. The first-order valence-electron chi connectivity index (χ1n) is 7.12. The van der Waals surface area contributed by atoms with E-state index in [0.29, 0.717) is 0 Å². The Balaban J connectivity index is 2.57. The lowest BCUT2D eigenvalue weighted by molar-refractivity contribution is -0.169.